The molecule has 19 heavy (non-hydrogen) atoms. The lowest BCUT2D eigenvalue weighted by atomic mass is 9.98. The van der Waals surface area contributed by atoms with E-state index in [4.69, 9.17) is 5.73 Å². The summed E-state index contributed by atoms with van der Waals surface area (Å²) in [5.41, 5.74) is 7.64. The van der Waals surface area contributed by atoms with Gasteiger partial charge in [0.1, 0.15) is 5.69 Å². The first kappa shape index (κ1) is 14.3. The fourth-order valence-corrected chi connectivity index (χ4v) is 3.29. The first-order valence-electron chi connectivity index (χ1n) is 6.78. The zero-order chi connectivity index (χ0) is 12.7. The molecule has 6 heteroatoms. The molecule has 5 nitrogen and oxygen atoms in total. The molecule has 0 spiro atoms. The molecule has 3 atom stereocenters. The molecule has 1 saturated heterocycles. The maximum absolute atomic E-state index is 12.3. The summed E-state index contributed by atoms with van der Waals surface area (Å²) in [5.74, 6) is 1.15. The Kier molecular flexibility index (Phi) is 4.16. The number of likely N-dealkylation sites (tertiary alicyclic amines) is 1. The number of hydrogen-bond acceptors (Lipinski definition) is 3. The number of halogens is 1. The van der Waals surface area contributed by atoms with Gasteiger partial charge in [0.25, 0.3) is 5.91 Å². The molecule has 3 N–H and O–H groups in total. The minimum Gasteiger partial charge on any atom is -0.337 e. The van der Waals surface area contributed by atoms with Crippen LogP contribution in [0.3, 0.4) is 0 Å². The maximum atomic E-state index is 12.3. The lowest BCUT2D eigenvalue weighted by molar-refractivity contribution is 0.0773. The van der Waals surface area contributed by atoms with Gasteiger partial charge in [-0.25, -0.2) is 0 Å². The van der Waals surface area contributed by atoms with Crippen LogP contribution in [-0.4, -0.2) is 40.1 Å². The normalized spacial score (nSPS) is 29.2. The molecule has 1 amide bonds. The summed E-state index contributed by atoms with van der Waals surface area (Å²) < 4.78 is 0. The molecule has 0 radical (unpaired) electrons. The van der Waals surface area contributed by atoms with Gasteiger partial charge in [-0.05, 0) is 37.2 Å². The van der Waals surface area contributed by atoms with Crippen molar-refractivity contribution < 1.29 is 4.79 Å². The average molecular weight is 285 g/mol. The highest BCUT2D eigenvalue weighted by Gasteiger charge is 2.42. The number of H-pyrrole nitrogens is 1. The number of nitrogens with two attached hydrogens (primary N) is 1. The monoisotopic (exact) mass is 284 g/mol. The standard InChI is InChI=1S/C13H20N4O.ClH/c1-2-9-5-12(16-15-9)13(18)17-6-8-3-4-11(14)10(8)7-17;/h5,8,10-11H,2-4,6-7,14H2,1H3,(H,15,16);1H. The number of carbonyl (C=O) groups excluding carboxylic acids is 1. The van der Waals surface area contributed by atoms with Gasteiger partial charge in [-0.3, -0.25) is 9.89 Å². The predicted octanol–water partition coefficient (Wildman–Crippen LogP) is 1.20. The summed E-state index contributed by atoms with van der Waals surface area (Å²) in [4.78, 5) is 14.2. The lowest BCUT2D eigenvalue weighted by Gasteiger charge is -2.17. The van der Waals surface area contributed by atoms with Crippen LogP contribution in [0.25, 0.3) is 0 Å². The molecular formula is C13H21ClN4O. The van der Waals surface area contributed by atoms with Crippen LogP contribution in [0, 0.1) is 11.8 Å². The third-order valence-electron chi connectivity index (χ3n) is 4.43. The maximum Gasteiger partial charge on any atom is 0.274 e. The van der Waals surface area contributed by atoms with Crippen LogP contribution in [-0.2, 0) is 6.42 Å². The highest BCUT2D eigenvalue weighted by molar-refractivity contribution is 5.92. The number of aryl methyl sites for hydroxylation is 1. The van der Waals surface area contributed by atoms with Gasteiger partial charge >= 0.3 is 0 Å². The fraction of sp³-hybridized carbons (Fsp3) is 0.692. The van der Waals surface area contributed by atoms with E-state index in [0.717, 1.165) is 38.0 Å². The quantitative estimate of drug-likeness (QED) is 0.857. The van der Waals surface area contributed by atoms with E-state index in [0.29, 0.717) is 17.5 Å². The Morgan fingerprint density at radius 1 is 1.53 bits per heavy atom. The highest BCUT2D eigenvalue weighted by Crippen LogP contribution is 2.37. The van der Waals surface area contributed by atoms with Crippen LogP contribution in [0.15, 0.2) is 6.07 Å². The van der Waals surface area contributed by atoms with Crippen molar-refractivity contribution in [3.8, 4) is 0 Å². The van der Waals surface area contributed by atoms with E-state index in [2.05, 4.69) is 10.2 Å². The second kappa shape index (κ2) is 5.51. The number of rotatable bonds is 2. The minimum absolute atomic E-state index is 0. The summed E-state index contributed by atoms with van der Waals surface area (Å²) >= 11 is 0. The molecule has 1 aliphatic heterocycles. The van der Waals surface area contributed by atoms with Crippen LogP contribution in [0.1, 0.15) is 35.9 Å². The molecule has 1 aliphatic carbocycles. The van der Waals surface area contributed by atoms with E-state index in [-0.39, 0.29) is 24.4 Å². The van der Waals surface area contributed by atoms with Gasteiger partial charge in [0.2, 0.25) is 0 Å². The molecule has 106 valence electrons. The Morgan fingerprint density at radius 2 is 2.32 bits per heavy atom. The zero-order valence-electron chi connectivity index (χ0n) is 11.1. The molecule has 3 rings (SSSR count). The van der Waals surface area contributed by atoms with Crippen molar-refractivity contribution in [2.75, 3.05) is 13.1 Å². The van der Waals surface area contributed by atoms with Gasteiger partial charge in [-0.15, -0.1) is 12.4 Å². The van der Waals surface area contributed by atoms with E-state index in [1.807, 2.05) is 17.9 Å². The zero-order valence-corrected chi connectivity index (χ0v) is 11.9. The first-order chi connectivity index (χ1) is 8.69. The van der Waals surface area contributed by atoms with E-state index < -0.39 is 0 Å². The number of nitrogens with zero attached hydrogens (tertiary/aromatic N) is 2. The van der Waals surface area contributed by atoms with Crippen molar-refractivity contribution in [3.63, 3.8) is 0 Å². The second-order valence-electron chi connectivity index (χ2n) is 5.51. The van der Waals surface area contributed by atoms with Crippen LogP contribution in [0.5, 0.6) is 0 Å². The molecule has 1 saturated carbocycles. The molecule has 2 aliphatic rings. The van der Waals surface area contributed by atoms with Crippen LogP contribution in [0.2, 0.25) is 0 Å². The highest BCUT2D eigenvalue weighted by atomic mass is 35.5. The van der Waals surface area contributed by atoms with E-state index in [1.54, 1.807) is 0 Å². The third kappa shape index (κ3) is 2.49. The Balaban J connectivity index is 0.00000133. The van der Waals surface area contributed by atoms with Crippen LogP contribution >= 0.6 is 12.4 Å². The van der Waals surface area contributed by atoms with Gasteiger partial charge in [-0.1, -0.05) is 6.92 Å². The van der Waals surface area contributed by atoms with E-state index in [9.17, 15) is 4.79 Å². The third-order valence-corrected chi connectivity index (χ3v) is 4.43. The smallest absolute Gasteiger partial charge is 0.274 e. The first-order valence-corrected chi connectivity index (χ1v) is 6.78. The Hall–Kier alpha value is -1.07. The molecule has 1 aromatic rings. The van der Waals surface area contributed by atoms with Crippen LogP contribution in [0.4, 0.5) is 0 Å². The number of aromatic nitrogens is 2. The molecule has 1 aromatic heterocycles. The van der Waals surface area contributed by atoms with Gasteiger partial charge in [0.05, 0.1) is 0 Å². The molecule has 0 aromatic carbocycles. The number of hydrogen-bond donors (Lipinski definition) is 2. The summed E-state index contributed by atoms with van der Waals surface area (Å²) in [6, 6.07) is 2.13. The average Bonchev–Trinajstić information content (AvgIpc) is 3.06. The molecule has 2 heterocycles. The number of fused-ring (bicyclic) bond motifs is 1. The van der Waals surface area contributed by atoms with Crippen molar-refractivity contribution in [3.05, 3.63) is 17.5 Å². The SMILES string of the molecule is CCc1cc(C(=O)N2CC3CCC(N)C3C2)n[nH]1.Cl. The number of carbonyl (C=O) groups is 1. The van der Waals surface area contributed by atoms with Gasteiger partial charge in [0.15, 0.2) is 0 Å². The largest absolute Gasteiger partial charge is 0.337 e. The number of amides is 1. The Morgan fingerprint density at radius 3 is 2.95 bits per heavy atom. The van der Waals surface area contributed by atoms with Crippen molar-refractivity contribution in [1.29, 1.82) is 0 Å². The van der Waals surface area contributed by atoms with E-state index in [1.165, 1.54) is 0 Å². The lowest BCUT2D eigenvalue weighted by Crippen LogP contribution is -2.33. The van der Waals surface area contributed by atoms with Crippen LogP contribution < -0.4 is 5.73 Å². The van der Waals surface area contributed by atoms with Gasteiger partial charge in [-0.2, -0.15) is 5.10 Å². The van der Waals surface area contributed by atoms with Crippen molar-refractivity contribution >= 4 is 18.3 Å². The van der Waals surface area contributed by atoms with Gasteiger partial charge in [0, 0.05) is 24.8 Å². The summed E-state index contributed by atoms with van der Waals surface area (Å²) in [7, 11) is 0. The topological polar surface area (TPSA) is 75.0 Å². The minimum atomic E-state index is 0. The summed E-state index contributed by atoms with van der Waals surface area (Å²) in [6.45, 7) is 3.70. The fourth-order valence-electron chi connectivity index (χ4n) is 3.29. The van der Waals surface area contributed by atoms with Crippen molar-refractivity contribution in [2.24, 2.45) is 17.6 Å². The predicted molar refractivity (Wildman–Crippen MR) is 75.3 cm³/mol. The van der Waals surface area contributed by atoms with Gasteiger partial charge < -0.3 is 10.6 Å². The number of nitrogens with one attached hydrogen (secondary N) is 1. The summed E-state index contributed by atoms with van der Waals surface area (Å²) in [6.07, 6.45) is 3.15. The van der Waals surface area contributed by atoms with Crippen molar-refractivity contribution in [2.45, 2.75) is 32.2 Å². The number of aromatic amines is 1. The van der Waals surface area contributed by atoms with E-state index >= 15 is 0 Å². The molecule has 3 unspecified atom stereocenters. The molecule has 2 fully saturated rings. The summed E-state index contributed by atoms with van der Waals surface area (Å²) in [5, 5.41) is 6.99. The molecule has 0 bridgehead atoms. The Bertz CT molecular complexity index is 461. The van der Waals surface area contributed by atoms with Crippen molar-refractivity contribution in [1.82, 2.24) is 15.1 Å². The Labute approximate surface area is 119 Å². The second-order valence-corrected chi connectivity index (χ2v) is 5.51. The molecular weight excluding hydrogens is 264 g/mol.